The number of aliphatic hydroxyl groups is 1. The first kappa shape index (κ1) is 13.6. The number of piperidine rings is 1. The number of β-amino-alcohol motifs (C(OH)–C–C–N with tert-alkyl or cyclic N) is 1. The van der Waals surface area contributed by atoms with Crippen LogP contribution in [0.4, 0.5) is 0 Å². The molecular formula is C11H17NO5. The Labute approximate surface area is 99.5 Å². The van der Waals surface area contributed by atoms with E-state index in [1.165, 1.54) is 6.92 Å². The lowest BCUT2D eigenvalue weighted by molar-refractivity contribution is -0.167. The molecule has 0 spiro atoms. The molecular weight excluding hydrogens is 226 g/mol. The average Bonchev–Trinajstić information content (AvgIpc) is 2.22. The van der Waals surface area contributed by atoms with E-state index in [0.717, 1.165) is 12.0 Å². The lowest BCUT2D eigenvalue weighted by Crippen LogP contribution is -2.53. The van der Waals surface area contributed by atoms with Gasteiger partial charge in [0.05, 0.1) is 13.7 Å². The number of carbonyl (C=O) groups is 3. The molecule has 1 aliphatic rings. The van der Waals surface area contributed by atoms with Gasteiger partial charge in [0.25, 0.3) is 0 Å². The van der Waals surface area contributed by atoms with E-state index in [4.69, 9.17) is 0 Å². The number of nitrogens with zero attached hydrogens (tertiary/aromatic N) is 1. The molecule has 1 aliphatic heterocycles. The van der Waals surface area contributed by atoms with Gasteiger partial charge in [-0.25, -0.2) is 4.79 Å². The summed E-state index contributed by atoms with van der Waals surface area (Å²) < 4.78 is 4.41. The fourth-order valence-electron chi connectivity index (χ4n) is 1.80. The van der Waals surface area contributed by atoms with E-state index < -0.39 is 11.6 Å². The van der Waals surface area contributed by atoms with Gasteiger partial charge in [0.1, 0.15) is 0 Å². The van der Waals surface area contributed by atoms with E-state index in [1.54, 1.807) is 0 Å². The van der Waals surface area contributed by atoms with E-state index in [1.807, 2.05) is 6.92 Å². The van der Waals surface area contributed by atoms with Crippen molar-refractivity contribution in [3.63, 3.8) is 0 Å². The number of methoxy groups -OCH3 is 1. The van der Waals surface area contributed by atoms with Gasteiger partial charge in [-0.05, 0) is 12.8 Å². The summed E-state index contributed by atoms with van der Waals surface area (Å²) in [6.07, 6.45) is 0.506. The molecule has 6 nitrogen and oxygen atoms in total. The molecule has 0 aromatic heterocycles. The van der Waals surface area contributed by atoms with Gasteiger partial charge < -0.3 is 9.84 Å². The third-order valence-electron chi connectivity index (χ3n) is 2.74. The van der Waals surface area contributed by atoms with Crippen molar-refractivity contribution in [3.05, 3.63) is 0 Å². The maximum absolute atomic E-state index is 11.6. The summed E-state index contributed by atoms with van der Waals surface area (Å²) in [4.78, 5) is 35.5. The van der Waals surface area contributed by atoms with E-state index in [9.17, 15) is 19.5 Å². The van der Waals surface area contributed by atoms with Crippen molar-refractivity contribution in [2.75, 3.05) is 13.7 Å². The van der Waals surface area contributed by atoms with Crippen molar-refractivity contribution in [2.24, 2.45) is 5.92 Å². The van der Waals surface area contributed by atoms with Crippen LogP contribution in [0.15, 0.2) is 0 Å². The van der Waals surface area contributed by atoms with E-state index in [0.29, 0.717) is 0 Å². The summed E-state index contributed by atoms with van der Waals surface area (Å²) in [5.74, 6) is -1.58. The molecule has 6 heteroatoms. The quantitative estimate of drug-likeness (QED) is 0.543. The number of ether oxygens (including phenoxy) is 1. The van der Waals surface area contributed by atoms with Crippen molar-refractivity contribution in [2.45, 2.75) is 32.3 Å². The molecule has 0 aromatic carbocycles. The molecule has 0 saturated carbocycles. The zero-order valence-corrected chi connectivity index (χ0v) is 10.2. The lowest BCUT2D eigenvalue weighted by atomic mass is 9.96. The van der Waals surface area contributed by atoms with Crippen molar-refractivity contribution in [1.82, 2.24) is 4.90 Å². The highest BCUT2D eigenvalue weighted by molar-refractivity contribution is 5.98. The van der Waals surface area contributed by atoms with Crippen LogP contribution in [0.5, 0.6) is 0 Å². The van der Waals surface area contributed by atoms with E-state index >= 15 is 0 Å². The van der Waals surface area contributed by atoms with Gasteiger partial charge in [-0.2, -0.15) is 0 Å². The second kappa shape index (κ2) is 4.83. The Balaban J connectivity index is 2.77. The number of esters is 1. The van der Waals surface area contributed by atoms with Crippen LogP contribution < -0.4 is 0 Å². The van der Waals surface area contributed by atoms with E-state index in [2.05, 4.69) is 4.74 Å². The molecule has 1 unspecified atom stereocenters. The molecule has 17 heavy (non-hydrogen) atoms. The third kappa shape index (κ3) is 3.03. The van der Waals surface area contributed by atoms with Gasteiger partial charge in [0.2, 0.25) is 11.8 Å². The summed E-state index contributed by atoms with van der Waals surface area (Å²) in [7, 11) is 1.14. The largest absolute Gasteiger partial charge is 0.467 e. The minimum Gasteiger partial charge on any atom is -0.467 e. The zero-order valence-electron chi connectivity index (χ0n) is 10.2. The summed E-state index contributed by atoms with van der Waals surface area (Å²) in [5, 5.41) is 9.82. The minimum atomic E-state index is -1.86. The highest BCUT2D eigenvalue weighted by atomic mass is 16.5. The van der Waals surface area contributed by atoms with Crippen LogP contribution in [-0.4, -0.2) is 47.0 Å². The Hall–Kier alpha value is -1.43. The van der Waals surface area contributed by atoms with Crippen molar-refractivity contribution < 1.29 is 24.2 Å². The molecule has 1 N–H and O–H groups in total. The van der Waals surface area contributed by atoms with E-state index in [-0.39, 0.29) is 37.1 Å². The number of hydrogen-bond acceptors (Lipinski definition) is 5. The van der Waals surface area contributed by atoms with Crippen LogP contribution in [0.25, 0.3) is 0 Å². The van der Waals surface area contributed by atoms with Crippen molar-refractivity contribution in [1.29, 1.82) is 0 Å². The monoisotopic (exact) mass is 243 g/mol. The van der Waals surface area contributed by atoms with Gasteiger partial charge in [0, 0.05) is 12.8 Å². The molecule has 1 saturated heterocycles. The first-order chi connectivity index (χ1) is 7.77. The molecule has 0 aromatic rings. The molecule has 96 valence electrons. The highest BCUT2D eigenvalue weighted by Gasteiger charge is 2.39. The number of imide groups is 1. The molecule has 0 aliphatic carbocycles. The average molecular weight is 243 g/mol. The molecule has 0 radical (unpaired) electrons. The SMILES string of the molecule is COC(=O)C(C)(O)CN1C(=O)CC(C)CC1=O. The second-order valence-corrected chi connectivity index (χ2v) is 4.65. The third-order valence-corrected chi connectivity index (χ3v) is 2.74. The lowest BCUT2D eigenvalue weighted by Gasteiger charge is -2.32. The number of hydrogen-bond donors (Lipinski definition) is 1. The predicted octanol–water partition coefficient (Wildman–Crippen LogP) is -0.305. The number of rotatable bonds is 3. The molecule has 1 rings (SSSR count). The van der Waals surface area contributed by atoms with Crippen LogP contribution in [0.2, 0.25) is 0 Å². The number of carbonyl (C=O) groups excluding carboxylic acids is 3. The van der Waals surface area contributed by atoms with Crippen LogP contribution >= 0.6 is 0 Å². The van der Waals surface area contributed by atoms with Gasteiger partial charge in [-0.3, -0.25) is 14.5 Å². The number of amides is 2. The summed E-state index contributed by atoms with van der Waals surface area (Å²) in [6.45, 7) is 2.67. The fourth-order valence-corrected chi connectivity index (χ4v) is 1.80. The number of likely N-dealkylation sites (tertiary alicyclic amines) is 1. The van der Waals surface area contributed by atoms with Gasteiger partial charge in [-0.1, -0.05) is 6.92 Å². The summed E-state index contributed by atoms with van der Waals surface area (Å²) in [6, 6.07) is 0. The van der Waals surface area contributed by atoms with Gasteiger partial charge in [-0.15, -0.1) is 0 Å². The summed E-state index contributed by atoms with van der Waals surface area (Å²) >= 11 is 0. The normalized spacial score (nSPS) is 21.3. The zero-order chi connectivity index (χ0) is 13.2. The van der Waals surface area contributed by atoms with Gasteiger partial charge in [0.15, 0.2) is 5.60 Å². The second-order valence-electron chi connectivity index (χ2n) is 4.65. The minimum absolute atomic E-state index is 0.00863. The van der Waals surface area contributed by atoms with Crippen LogP contribution in [0.1, 0.15) is 26.7 Å². The van der Waals surface area contributed by atoms with Crippen LogP contribution in [-0.2, 0) is 19.1 Å². The Morgan fingerprint density at radius 1 is 1.47 bits per heavy atom. The first-order valence-electron chi connectivity index (χ1n) is 5.42. The van der Waals surface area contributed by atoms with Gasteiger partial charge >= 0.3 is 5.97 Å². The topological polar surface area (TPSA) is 83.9 Å². The first-order valence-corrected chi connectivity index (χ1v) is 5.42. The van der Waals surface area contributed by atoms with Crippen molar-refractivity contribution >= 4 is 17.8 Å². The van der Waals surface area contributed by atoms with Crippen molar-refractivity contribution in [3.8, 4) is 0 Å². The Kier molecular flexibility index (Phi) is 3.87. The fraction of sp³-hybridized carbons (Fsp3) is 0.727. The maximum Gasteiger partial charge on any atom is 0.339 e. The molecule has 2 amide bonds. The summed E-state index contributed by atoms with van der Waals surface area (Å²) in [5.41, 5.74) is -1.86. The molecule has 0 bridgehead atoms. The Morgan fingerprint density at radius 2 is 1.94 bits per heavy atom. The Bertz CT molecular complexity index is 332. The smallest absolute Gasteiger partial charge is 0.339 e. The van der Waals surface area contributed by atoms with Crippen LogP contribution in [0, 0.1) is 5.92 Å². The molecule has 1 fully saturated rings. The standard InChI is InChI=1S/C11H17NO5/c1-7-4-8(13)12(9(14)5-7)6-11(2,16)10(15)17-3/h7,16H,4-6H2,1-3H3. The maximum atomic E-state index is 11.6. The molecule has 1 atom stereocenters. The van der Waals surface area contributed by atoms with Crippen LogP contribution in [0.3, 0.4) is 0 Å². The predicted molar refractivity (Wildman–Crippen MR) is 57.8 cm³/mol. The molecule has 1 heterocycles. The Morgan fingerprint density at radius 3 is 2.35 bits per heavy atom. The highest BCUT2D eigenvalue weighted by Crippen LogP contribution is 2.21.